The maximum Gasteiger partial charge on any atom is 0.357 e. The van der Waals surface area contributed by atoms with E-state index in [-0.39, 0.29) is 11.0 Å². The van der Waals surface area contributed by atoms with E-state index in [0.29, 0.717) is 0 Å². The van der Waals surface area contributed by atoms with Crippen LogP contribution in [0.25, 0.3) is 11.0 Å². The largest absolute Gasteiger partial charge is 0.504 e. The smallest absolute Gasteiger partial charge is 0.357 e. The number of hydrogen-bond donors (Lipinski definition) is 5. The van der Waals surface area contributed by atoms with E-state index in [1.54, 1.807) is 5.43 Å². The molecule has 0 unspecified atom stereocenters. The van der Waals surface area contributed by atoms with Crippen molar-refractivity contribution >= 4 is 22.9 Å². The lowest BCUT2D eigenvalue weighted by Gasteiger charge is -2.06. The van der Waals surface area contributed by atoms with Gasteiger partial charge >= 0.3 is 5.97 Å². The number of carboxylic acid groups (broad SMARTS) is 1. The Kier molecular flexibility index (Phi) is 2.89. The number of fused-ring (bicyclic) bond motifs is 1. The molecule has 0 radical (unpaired) electrons. The van der Waals surface area contributed by atoms with E-state index in [2.05, 4.69) is 9.97 Å². The van der Waals surface area contributed by atoms with E-state index in [0.717, 1.165) is 12.1 Å². The summed E-state index contributed by atoms with van der Waals surface area (Å²) < 4.78 is 0. The lowest BCUT2D eigenvalue weighted by Crippen LogP contribution is -2.32. The van der Waals surface area contributed by atoms with Crippen molar-refractivity contribution in [1.29, 1.82) is 0 Å². The molecular weight excluding hydrogens is 256 g/mol. The van der Waals surface area contributed by atoms with Crippen LogP contribution in [-0.4, -0.2) is 37.2 Å². The number of nitrogens with two attached hydrogens (primary N) is 1. The Morgan fingerprint density at radius 1 is 1.05 bits per heavy atom. The van der Waals surface area contributed by atoms with Gasteiger partial charge in [-0.2, -0.15) is 0 Å². The Bertz CT molecular complexity index is 700. The second-order valence-corrected chi connectivity index (χ2v) is 3.53. The molecule has 9 nitrogen and oxygen atoms in total. The van der Waals surface area contributed by atoms with Crippen LogP contribution in [0.5, 0.6) is 11.5 Å². The van der Waals surface area contributed by atoms with Gasteiger partial charge in [0.05, 0.1) is 11.0 Å². The molecule has 2 rings (SSSR count). The Morgan fingerprint density at radius 2 is 1.53 bits per heavy atom. The van der Waals surface area contributed by atoms with Crippen LogP contribution in [0.15, 0.2) is 12.1 Å². The van der Waals surface area contributed by atoms with Crippen molar-refractivity contribution in [3.8, 4) is 11.5 Å². The van der Waals surface area contributed by atoms with Gasteiger partial charge in [0.15, 0.2) is 22.9 Å². The molecular formula is C10H8N4O5. The van der Waals surface area contributed by atoms with Gasteiger partial charge < -0.3 is 15.3 Å². The Hall–Kier alpha value is -2.94. The third-order valence-corrected chi connectivity index (χ3v) is 2.31. The number of carbonyl (C=O) groups is 2. The van der Waals surface area contributed by atoms with E-state index in [9.17, 15) is 19.8 Å². The number of benzene rings is 1. The summed E-state index contributed by atoms with van der Waals surface area (Å²) in [6.07, 6.45) is 0. The molecule has 1 aromatic heterocycles. The van der Waals surface area contributed by atoms with Crippen LogP contribution in [0.4, 0.5) is 0 Å². The SMILES string of the molecule is NNC(=O)c1nc2cc(O)c(O)cc2nc1C(=O)O. The maximum atomic E-state index is 11.4. The van der Waals surface area contributed by atoms with Gasteiger partial charge in [-0.3, -0.25) is 10.2 Å². The Balaban J connectivity index is 2.80. The van der Waals surface area contributed by atoms with E-state index in [1.807, 2.05) is 0 Å². The molecule has 0 aliphatic carbocycles. The average molecular weight is 264 g/mol. The number of aromatic nitrogens is 2. The van der Waals surface area contributed by atoms with Crippen LogP contribution in [0.1, 0.15) is 21.0 Å². The molecule has 98 valence electrons. The molecule has 0 atom stereocenters. The monoisotopic (exact) mass is 264 g/mol. The first-order valence-electron chi connectivity index (χ1n) is 4.92. The molecule has 1 amide bonds. The van der Waals surface area contributed by atoms with Gasteiger partial charge in [-0.15, -0.1) is 0 Å². The minimum absolute atomic E-state index is 0.0151. The molecule has 0 saturated carbocycles. The topological polar surface area (TPSA) is 159 Å². The summed E-state index contributed by atoms with van der Waals surface area (Å²) in [6.45, 7) is 0. The number of nitrogens with one attached hydrogen (secondary N) is 1. The number of carboxylic acids is 1. The normalized spacial score (nSPS) is 10.4. The van der Waals surface area contributed by atoms with Crippen molar-refractivity contribution < 1.29 is 24.9 Å². The molecule has 0 fully saturated rings. The van der Waals surface area contributed by atoms with Crippen molar-refractivity contribution in [3.05, 3.63) is 23.5 Å². The summed E-state index contributed by atoms with van der Waals surface area (Å²) >= 11 is 0. The van der Waals surface area contributed by atoms with E-state index >= 15 is 0 Å². The van der Waals surface area contributed by atoms with Crippen molar-refractivity contribution in [1.82, 2.24) is 15.4 Å². The number of carbonyl (C=O) groups excluding carboxylic acids is 1. The second kappa shape index (κ2) is 4.38. The van der Waals surface area contributed by atoms with Crippen LogP contribution in [0, 0.1) is 0 Å². The van der Waals surface area contributed by atoms with Crippen LogP contribution >= 0.6 is 0 Å². The predicted octanol–water partition coefficient (Wildman–Crippen LogP) is -0.657. The first-order chi connectivity index (χ1) is 8.93. The molecule has 0 spiro atoms. The molecule has 0 aliphatic rings. The van der Waals surface area contributed by atoms with Gasteiger partial charge in [0, 0.05) is 12.1 Å². The van der Waals surface area contributed by atoms with Crippen molar-refractivity contribution in [2.24, 2.45) is 5.84 Å². The first kappa shape index (κ1) is 12.5. The number of aromatic hydroxyl groups is 2. The molecule has 0 bridgehead atoms. The quantitative estimate of drug-likeness (QED) is 0.207. The number of hydrogen-bond acceptors (Lipinski definition) is 7. The van der Waals surface area contributed by atoms with Crippen molar-refractivity contribution in [3.63, 3.8) is 0 Å². The summed E-state index contributed by atoms with van der Waals surface area (Å²) in [5.41, 5.74) is 0.703. The minimum atomic E-state index is -1.47. The Morgan fingerprint density at radius 3 is 1.95 bits per heavy atom. The van der Waals surface area contributed by atoms with Gasteiger partial charge in [-0.25, -0.2) is 20.6 Å². The fourth-order valence-electron chi connectivity index (χ4n) is 1.46. The third kappa shape index (κ3) is 2.09. The molecule has 2 aromatic rings. The standard InChI is InChI=1S/C10H8N4O5/c11-14-9(17)7-8(10(18)19)13-4-2-6(16)5(15)1-3(4)12-7/h1-2,15-16H,11H2,(H,14,17)(H,18,19). The fourth-order valence-corrected chi connectivity index (χ4v) is 1.46. The number of rotatable bonds is 2. The molecule has 1 heterocycles. The Labute approximate surface area is 105 Å². The van der Waals surface area contributed by atoms with Crippen molar-refractivity contribution in [2.45, 2.75) is 0 Å². The zero-order valence-corrected chi connectivity index (χ0v) is 9.28. The minimum Gasteiger partial charge on any atom is -0.504 e. The van der Waals surface area contributed by atoms with Crippen molar-refractivity contribution in [2.75, 3.05) is 0 Å². The summed E-state index contributed by atoms with van der Waals surface area (Å²) in [5.74, 6) is 1.57. The maximum absolute atomic E-state index is 11.4. The molecule has 9 heteroatoms. The van der Waals surface area contributed by atoms with Crippen LogP contribution in [0.2, 0.25) is 0 Å². The van der Waals surface area contributed by atoms with Gasteiger partial charge in [-0.1, -0.05) is 0 Å². The highest BCUT2D eigenvalue weighted by Gasteiger charge is 2.21. The first-order valence-corrected chi connectivity index (χ1v) is 4.92. The molecule has 6 N–H and O–H groups in total. The zero-order chi connectivity index (χ0) is 14.2. The highest BCUT2D eigenvalue weighted by Crippen LogP contribution is 2.28. The summed E-state index contributed by atoms with van der Waals surface area (Å²) in [7, 11) is 0. The predicted molar refractivity (Wildman–Crippen MR) is 61.5 cm³/mol. The summed E-state index contributed by atoms with van der Waals surface area (Å²) in [6, 6.07) is 2.09. The number of phenolic OH excluding ortho intramolecular Hbond substituents is 2. The molecule has 0 saturated heterocycles. The van der Waals surface area contributed by atoms with E-state index in [4.69, 9.17) is 10.9 Å². The fraction of sp³-hybridized carbons (Fsp3) is 0. The van der Waals surface area contributed by atoms with Crippen LogP contribution in [-0.2, 0) is 0 Å². The lowest BCUT2D eigenvalue weighted by molar-refractivity contribution is 0.0684. The summed E-state index contributed by atoms with van der Waals surface area (Å²) in [4.78, 5) is 29.9. The zero-order valence-electron chi connectivity index (χ0n) is 9.28. The molecule has 0 aliphatic heterocycles. The summed E-state index contributed by atoms with van der Waals surface area (Å²) in [5, 5.41) is 27.6. The highest BCUT2D eigenvalue weighted by molar-refractivity contribution is 6.03. The van der Waals surface area contributed by atoms with Gasteiger partial charge in [0.2, 0.25) is 0 Å². The van der Waals surface area contributed by atoms with E-state index in [1.165, 1.54) is 0 Å². The number of aromatic carboxylic acids is 1. The molecule has 1 aromatic carbocycles. The number of amides is 1. The van der Waals surface area contributed by atoms with Gasteiger partial charge in [0.25, 0.3) is 5.91 Å². The lowest BCUT2D eigenvalue weighted by atomic mass is 10.2. The number of nitrogen functional groups attached to an aromatic ring is 1. The van der Waals surface area contributed by atoms with E-state index < -0.39 is 34.8 Å². The van der Waals surface area contributed by atoms with Gasteiger partial charge in [-0.05, 0) is 0 Å². The second-order valence-electron chi connectivity index (χ2n) is 3.53. The third-order valence-electron chi connectivity index (χ3n) is 2.31. The van der Waals surface area contributed by atoms with Crippen LogP contribution < -0.4 is 11.3 Å². The highest BCUT2D eigenvalue weighted by atomic mass is 16.4. The number of phenols is 2. The number of nitrogens with zero attached hydrogens (tertiary/aromatic N) is 2. The number of hydrazine groups is 1. The van der Waals surface area contributed by atoms with Crippen LogP contribution in [0.3, 0.4) is 0 Å². The van der Waals surface area contributed by atoms with Gasteiger partial charge in [0.1, 0.15) is 0 Å². The average Bonchev–Trinajstić information content (AvgIpc) is 2.37. The molecule has 19 heavy (non-hydrogen) atoms.